The highest BCUT2D eigenvalue weighted by Crippen LogP contribution is 2.33. The second-order valence-corrected chi connectivity index (χ2v) is 5.10. The Balaban J connectivity index is 0.00000288. The molecule has 2 amide bonds. The van der Waals surface area contributed by atoms with Crippen LogP contribution in [0.3, 0.4) is 0 Å². The molecule has 9 heteroatoms. The van der Waals surface area contributed by atoms with Crippen LogP contribution in [0.4, 0.5) is 5.69 Å². The zero-order valence-electron chi connectivity index (χ0n) is 13.6. The van der Waals surface area contributed by atoms with Crippen LogP contribution < -0.4 is 25.8 Å². The van der Waals surface area contributed by atoms with Crippen LogP contribution in [0.1, 0.15) is 16.8 Å². The van der Waals surface area contributed by atoms with E-state index in [1.54, 1.807) is 0 Å². The number of ether oxygens (including phenoxy) is 3. The number of carbonyl (C=O) groups is 2. The van der Waals surface area contributed by atoms with Crippen LogP contribution >= 0.6 is 12.4 Å². The van der Waals surface area contributed by atoms with Gasteiger partial charge in [0.15, 0.2) is 11.5 Å². The predicted octanol–water partition coefficient (Wildman–Crippen LogP) is 0.541. The lowest BCUT2D eigenvalue weighted by Crippen LogP contribution is -2.43. The van der Waals surface area contributed by atoms with Crippen LogP contribution in [0.25, 0.3) is 0 Å². The molecule has 2 rings (SSSR count). The second kappa shape index (κ2) is 9.31. The number of amides is 2. The Morgan fingerprint density at radius 2 is 2.00 bits per heavy atom. The van der Waals surface area contributed by atoms with Crippen LogP contribution in [0.2, 0.25) is 0 Å². The van der Waals surface area contributed by atoms with E-state index in [1.807, 2.05) is 0 Å². The monoisotopic (exact) mass is 359 g/mol. The molecule has 1 heterocycles. The summed E-state index contributed by atoms with van der Waals surface area (Å²) in [4.78, 5) is 23.8. The SMILES string of the molecule is COc1cc(NC(=O)CC2COCCN2)c(C(N)=O)cc1OC.Cl. The Hall–Kier alpha value is -2.03. The van der Waals surface area contributed by atoms with E-state index in [2.05, 4.69) is 10.6 Å². The van der Waals surface area contributed by atoms with E-state index in [4.69, 9.17) is 19.9 Å². The van der Waals surface area contributed by atoms with E-state index in [9.17, 15) is 9.59 Å². The van der Waals surface area contributed by atoms with Crippen LogP contribution in [0.5, 0.6) is 11.5 Å². The summed E-state index contributed by atoms with van der Waals surface area (Å²) < 4.78 is 15.6. The first-order chi connectivity index (χ1) is 11.0. The van der Waals surface area contributed by atoms with Gasteiger partial charge in [-0.25, -0.2) is 0 Å². The molecule has 24 heavy (non-hydrogen) atoms. The molecule has 0 aromatic heterocycles. The van der Waals surface area contributed by atoms with Gasteiger partial charge in [-0.1, -0.05) is 0 Å². The number of rotatable bonds is 6. The van der Waals surface area contributed by atoms with Gasteiger partial charge in [-0.2, -0.15) is 0 Å². The van der Waals surface area contributed by atoms with Crippen molar-refractivity contribution in [1.82, 2.24) is 5.32 Å². The van der Waals surface area contributed by atoms with Crippen molar-refractivity contribution in [3.8, 4) is 11.5 Å². The minimum Gasteiger partial charge on any atom is -0.493 e. The van der Waals surface area contributed by atoms with Crippen LogP contribution in [-0.2, 0) is 9.53 Å². The first kappa shape index (κ1) is 20.0. The lowest BCUT2D eigenvalue weighted by Gasteiger charge is -2.23. The van der Waals surface area contributed by atoms with Crippen LogP contribution in [0, 0.1) is 0 Å². The number of carbonyl (C=O) groups excluding carboxylic acids is 2. The zero-order chi connectivity index (χ0) is 16.8. The lowest BCUT2D eigenvalue weighted by atomic mass is 10.1. The van der Waals surface area contributed by atoms with Crippen molar-refractivity contribution in [3.05, 3.63) is 17.7 Å². The van der Waals surface area contributed by atoms with Gasteiger partial charge in [-0.05, 0) is 6.07 Å². The van der Waals surface area contributed by atoms with Crippen molar-refractivity contribution in [3.63, 3.8) is 0 Å². The number of anilines is 1. The van der Waals surface area contributed by atoms with E-state index < -0.39 is 5.91 Å². The molecule has 1 atom stereocenters. The minimum atomic E-state index is -0.666. The molecule has 1 aromatic rings. The minimum absolute atomic E-state index is 0. The number of hydrogen-bond donors (Lipinski definition) is 3. The van der Waals surface area contributed by atoms with Gasteiger partial charge in [-0.3, -0.25) is 9.59 Å². The summed E-state index contributed by atoms with van der Waals surface area (Å²) in [6, 6.07) is 2.90. The number of nitrogens with one attached hydrogen (secondary N) is 2. The molecule has 1 unspecified atom stereocenters. The summed E-state index contributed by atoms with van der Waals surface area (Å²) in [6.45, 7) is 1.82. The van der Waals surface area contributed by atoms with Gasteiger partial charge in [0.1, 0.15) is 0 Å². The molecular weight excluding hydrogens is 338 g/mol. The van der Waals surface area contributed by atoms with Gasteiger partial charge in [0, 0.05) is 25.1 Å². The van der Waals surface area contributed by atoms with E-state index in [0.717, 1.165) is 0 Å². The van der Waals surface area contributed by atoms with E-state index in [-0.39, 0.29) is 42.0 Å². The number of halogens is 1. The fourth-order valence-electron chi connectivity index (χ4n) is 2.36. The van der Waals surface area contributed by atoms with E-state index in [0.29, 0.717) is 31.3 Å². The molecule has 8 nitrogen and oxygen atoms in total. The molecule has 0 spiro atoms. The highest BCUT2D eigenvalue weighted by Gasteiger charge is 2.20. The van der Waals surface area contributed by atoms with Crippen LogP contribution in [0.15, 0.2) is 12.1 Å². The molecule has 1 aliphatic rings. The molecule has 0 saturated carbocycles. The second-order valence-electron chi connectivity index (χ2n) is 5.10. The third-order valence-electron chi connectivity index (χ3n) is 3.49. The molecule has 0 bridgehead atoms. The third kappa shape index (κ3) is 4.98. The quantitative estimate of drug-likeness (QED) is 0.683. The largest absolute Gasteiger partial charge is 0.493 e. The standard InChI is InChI=1S/C15H21N3O5.ClH/c1-21-12-6-10(15(16)20)11(7-13(12)22-2)18-14(19)5-9-8-23-4-3-17-9;/h6-7,9,17H,3-5,8H2,1-2H3,(H2,16,20)(H,18,19);1H. The molecule has 1 saturated heterocycles. The Labute approximate surface area is 146 Å². The van der Waals surface area contributed by atoms with Crippen molar-refractivity contribution >= 4 is 29.9 Å². The number of morpholine rings is 1. The topological polar surface area (TPSA) is 112 Å². The van der Waals surface area contributed by atoms with Gasteiger partial charge < -0.3 is 30.6 Å². The molecule has 1 aliphatic heterocycles. The average Bonchev–Trinajstić information content (AvgIpc) is 2.54. The van der Waals surface area contributed by atoms with Crippen LogP contribution in [-0.4, -0.2) is 51.8 Å². The van der Waals surface area contributed by atoms with Crippen molar-refractivity contribution in [2.45, 2.75) is 12.5 Å². The maximum absolute atomic E-state index is 12.2. The van der Waals surface area contributed by atoms with Gasteiger partial charge >= 0.3 is 0 Å². The molecular formula is C15H22ClN3O5. The van der Waals surface area contributed by atoms with Gasteiger partial charge in [0.05, 0.1) is 38.7 Å². The number of benzene rings is 1. The van der Waals surface area contributed by atoms with Crippen molar-refractivity contribution in [2.24, 2.45) is 5.73 Å². The summed E-state index contributed by atoms with van der Waals surface area (Å²) in [5.41, 5.74) is 5.82. The number of nitrogens with two attached hydrogens (primary N) is 1. The fraction of sp³-hybridized carbons (Fsp3) is 0.467. The Morgan fingerprint density at radius 3 is 2.54 bits per heavy atom. The number of primary amides is 1. The molecule has 0 radical (unpaired) electrons. The maximum Gasteiger partial charge on any atom is 0.250 e. The maximum atomic E-state index is 12.2. The summed E-state index contributed by atoms with van der Waals surface area (Å²) >= 11 is 0. The van der Waals surface area contributed by atoms with Gasteiger partial charge in [0.2, 0.25) is 5.91 Å². The Bertz CT molecular complexity index is 591. The first-order valence-electron chi connectivity index (χ1n) is 7.22. The highest BCUT2D eigenvalue weighted by molar-refractivity contribution is 6.04. The summed E-state index contributed by atoms with van der Waals surface area (Å²) in [5, 5.41) is 5.89. The normalized spacial score (nSPS) is 16.7. The van der Waals surface area contributed by atoms with E-state index in [1.165, 1.54) is 26.4 Å². The average molecular weight is 360 g/mol. The van der Waals surface area contributed by atoms with Crippen molar-refractivity contribution in [1.29, 1.82) is 0 Å². The molecule has 0 aliphatic carbocycles. The smallest absolute Gasteiger partial charge is 0.250 e. The zero-order valence-corrected chi connectivity index (χ0v) is 14.4. The molecule has 1 fully saturated rings. The number of hydrogen-bond acceptors (Lipinski definition) is 6. The third-order valence-corrected chi connectivity index (χ3v) is 3.49. The first-order valence-corrected chi connectivity index (χ1v) is 7.22. The van der Waals surface area contributed by atoms with Gasteiger partial charge in [0.25, 0.3) is 5.91 Å². The van der Waals surface area contributed by atoms with E-state index >= 15 is 0 Å². The predicted molar refractivity (Wildman–Crippen MR) is 91.2 cm³/mol. The molecule has 4 N–H and O–H groups in total. The Kier molecular flexibility index (Phi) is 7.76. The summed E-state index contributed by atoms with van der Waals surface area (Å²) in [7, 11) is 2.92. The highest BCUT2D eigenvalue weighted by atomic mass is 35.5. The fourth-order valence-corrected chi connectivity index (χ4v) is 2.36. The molecule has 134 valence electrons. The lowest BCUT2D eigenvalue weighted by molar-refractivity contribution is -0.117. The Morgan fingerprint density at radius 1 is 1.33 bits per heavy atom. The van der Waals surface area contributed by atoms with Gasteiger partial charge in [-0.15, -0.1) is 12.4 Å². The molecule has 1 aromatic carbocycles. The summed E-state index contributed by atoms with van der Waals surface area (Å²) in [5.74, 6) is -0.156. The van der Waals surface area contributed by atoms with Crippen molar-refractivity contribution in [2.75, 3.05) is 39.3 Å². The number of methoxy groups -OCH3 is 2. The summed E-state index contributed by atoms with van der Waals surface area (Å²) in [6.07, 6.45) is 0.229. The van der Waals surface area contributed by atoms with Crippen molar-refractivity contribution < 1.29 is 23.8 Å².